The molecular weight excluding hydrogens is 224 g/mol. The largest absolute Gasteiger partial charge is 0.497 e. The molecule has 2 heteroatoms. The van der Waals surface area contributed by atoms with Gasteiger partial charge in [0.05, 0.1) is 7.11 Å². The lowest BCUT2D eigenvalue weighted by molar-refractivity contribution is -0.103. The second-order valence-electron chi connectivity index (χ2n) is 3.86. The Hall–Kier alpha value is -2.35. The second-order valence-corrected chi connectivity index (χ2v) is 3.86. The third kappa shape index (κ3) is 2.86. The zero-order chi connectivity index (χ0) is 12.8. The summed E-state index contributed by atoms with van der Waals surface area (Å²) < 4.78 is 5.09. The van der Waals surface area contributed by atoms with E-state index >= 15 is 0 Å². The predicted molar refractivity (Wildman–Crippen MR) is 73.4 cm³/mol. The highest BCUT2D eigenvalue weighted by Crippen LogP contribution is 2.19. The van der Waals surface area contributed by atoms with Crippen LogP contribution in [0.3, 0.4) is 0 Å². The molecule has 2 aromatic rings. The van der Waals surface area contributed by atoms with Gasteiger partial charge in [0.25, 0.3) is 0 Å². The predicted octanol–water partition coefficient (Wildman–Crippen LogP) is 3.43. The number of hydrogen-bond acceptors (Lipinski definition) is 2. The van der Waals surface area contributed by atoms with Crippen molar-refractivity contribution in [2.45, 2.75) is 0 Å². The SMILES string of the molecule is COc1ccc(C(C=O)=Cc2ccccc2)cc1. The van der Waals surface area contributed by atoms with Gasteiger partial charge in [-0.15, -0.1) is 0 Å². The molecule has 2 rings (SSSR count). The standard InChI is InChI=1S/C16H14O2/c1-18-16-9-7-14(8-10-16)15(12-17)11-13-5-3-2-4-6-13/h2-12H,1H3. The Kier molecular flexibility index (Phi) is 3.92. The molecule has 0 aliphatic rings. The Bertz CT molecular complexity index is 539. The van der Waals surface area contributed by atoms with Crippen molar-refractivity contribution in [1.82, 2.24) is 0 Å². The summed E-state index contributed by atoms with van der Waals surface area (Å²) >= 11 is 0. The van der Waals surface area contributed by atoms with Crippen molar-refractivity contribution in [2.75, 3.05) is 7.11 Å². The maximum absolute atomic E-state index is 11.2. The maximum Gasteiger partial charge on any atom is 0.150 e. The third-order valence-corrected chi connectivity index (χ3v) is 2.67. The molecule has 0 saturated carbocycles. The Balaban J connectivity index is 2.33. The van der Waals surface area contributed by atoms with Gasteiger partial charge in [-0.3, -0.25) is 4.79 Å². The maximum atomic E-state index is 11.2. The molecule has 2 aromatic carbocycles. The van der Waals surface area contributed by atoms with E-state index in [1.54, 1.807) is 7.11 Å². The summed E-state index contributed by atoms with van der Waals surface area (Å²) in [5, 5.41) is 0. The fourth-order valence-electron chi connectivity index (χ4n) is 1.70. The van der Waals surface area contributed by atoms with Gasteiger partial charge >= 0.3 is 0 Å². The van der Waals surface area contributed by atoms with Crippen LogP contribution in [0.4, 0.5) is 0 Å². The summed E-state index contributed by atoms with van der Waals surface area (Å²) in [5.41, 5.74) is 2.55. The first kappa shape index (κ1) is 12.1. The minimum atomic E-state index is 0.656. The molecule has 0 fully saturated rings. The van der Waals surface area contributed by atoms with Crippen molar-refractivity contribution in [1.29, 1.82) is 0 Å². The second kappa shape index (κ2) is 5.82. The van der Waals surface area contributed by atoms with Crippen LogP contribution in [0, 0.1) is 0 Å². The van der Waals surface area contributed by atoms with Gasteiger partial charge in [0.1, 0.15) is 5.75 Å². The number of methoxy groups -OCH3 is 1. The van der Waals surface area contributed by atoms with E-state index in [0.717, 1.165) is 23.2 Å². The van der Waals surface area contributed by atoms with Crippen LogP contribution in [0.25, 0.3) is 11.6 Å². The lowest BCUT2D eigenvalue weighted by atomic mass is 10.0. The molecule has 0 aliphatic heterocycles. The van der Waals surface area contributed by atoms with Crippen LogP contribution in [0.1, 0.15) is 11.1 Å². The number of allylic oxidation sites excluding steroid dienone is 1. The van der Waals surface area contributed by atoms with Crippen molar-refractivity contribution in [2.24, 2.45) is 0 Å². The van der Waals surface area contributed by atoms with E-state index < -0.39 is 0 Å². The van der Waals surface area contributed by atoms with Gasteiger partial charge in [-0.05, 0) is 29.3 Å². The third-order valence-electron chi connectivity index (χ3n) is 2.67. The zero-order valence-corrected chi connectivity index (χ0v) is 10.2. The molecule has 0 heterocycles. The Morgan fingerprint density at radius 2 is 1.67 bits per heavy atom. The van der Waals surface area contributed by atoms with Gasteiger partial charge in [-0.25, -0.2) is 0 Å². The Morgan fingerprint density at radius 1 is 1.00 bits per heavy atom. The Labute approximate surface area is 107 Å². The summed E-state index contributed by atoms with van der Waals surface area (Å²) in [4.78, 5) is 11.2. The number of carbonyl (C=O) groups excluding carboxylic acids is 1. The molecule has 0 bridgehead atoms. The van der Waals surface area contributed by atoms with Crippen LogP contribution in [-0.2, 0) is 4.79 Å². The van der Waals surface area contributed by atoms with Gasteiger partial charge < -0.3 is 4.74 Å². The van der Waals surface area contributed by atoms with E-state index in [0.29, 0.717) is 5.57 Å². The smallest absolute Gasteiger partial charge is 0.150 e. The molecule has 0 N–H and O–H groups in total. The lowest BCUT2D eigenvalue weighted by Crippen LogP contribution is -1.87. The summed E-state index contributed by atoms with van der Waals surface area (Å²) in [6, 6.07) is 17.2. The zero-order valence-electron chi connectivity index (χ0n) is 10.2. The first-order valence-electron chi connectivity index (χ1n) is 5.70. The van der Waals surface area contributed by atoms with Gasteiger partial charge in [0, 0.05) is 5.57 Å². The minimum absolute atomic E-state index is 0.656. The minimum Gasteiger partial charge on any atom is -0.497 e. The normalized spacial score (nSPS) is 11.1. The van der Waals surface area contributed by atoms with Crippen LogP contribution < -0.4 is 4.74 Å². The van der Waals surface area contributed by atoms with Crippen molar-refractivity contribution in [3.05, 3.63) is 65.7 Å². The fraction of sp³-hybridized carbons (Fsp3) is 0.0625. The van der Waals surface area contributed by atoms with E-state index in [9.17, 15) is 4.79 Å². The molecule has 0 unspecified atom stereocenters. The van der Waals surface area contributed by atoms with Crippen molar-refractivity contribution in [3.8, 4) is 5.75 Å². The number of carbonyl (C=O) groups is 1. The monoisotopic (exact) mass is 238 g/mol. The number of ether oxygens (including phenoxy) is 1. The van der Waals surface area contributed by atoms with Gasteiger partial charge in [0.2, 0.25) is 0 Å². The van der Waals surface area contributed by atoms with Gasteiger partial charge in [-0.2, -0.15) is 0 Å². The van der Waals surface area contributed by atoms with Crippen molar-refractivity contribution in [3.63, 3.8) is 0 Å². The fourth-order valence-corrected chi connectivity index (χ4v) is 1.70. The van der Waals surface area contributed by atoms with Crippen molar-refractivity contribution >= 4 is 17.9 Å². The van der Waals surface area contributed by atoms with Crippen LogP contribution in [0.5, 0.6) is 5.75 Å². The summed E-state index contributed by atoms with van der Waals surface area (Å²) in [7, 11) is 1.62. The molecule has 0 saturated heterocycles. The molecule has 0 aromatic heterocycles. The number of hydrogen-bond donors (Lipinski definition) is 0. The molecule has 90 valence electrons. The molecule has 0 amide bonds. The van der Waals surface area contributed by atoms with Crippen LogP contribution in [0.2, 0.25) is 0 Å². The number of benzene rings is 2. The van der Waals surface area contributed by atoms with Gasteiger partial charge in [-0.1, -0.05) is 42.5 Å². The topological polar surface area (TPSA) is 26.3 Å². The van der Waals surface area contributed by atoms with Crippen LogP contribution in [-0.4, -0.2) is 13.4 Å². The lowest BCUT2D eigenvalue weighted by Gasteiger charge is -2.03. The molecular formula is C16H14O2. The molecule has 0 atom stereocenters. The first-order valence-corrected chi connectivity index (χ1v) is 5.70. The molecule has 0 spiro atoms. The molecule has 18 heavy (non-hydrogen) atoms. The summed E-state index contributed by atoms with van der Waals surface area (Å²) in [6.45, 7) is 0. The molecule has 2 nitrogen and oxygen atoms in total. The highest BCUT2D eigenvalue weighted by atomic mass is 16.5. The van der Waals surface area contributed by atoms with E-state index in [1.807, 2.05) is 60.7 Å². The van der Waals surface area contributed by atoms with E-state index in [4.69, 9.17) is 4.74 Å². The average Bonchev–Trinajstić information content (AvgIpc) is 2.46. The number of rotatable bonds is 4. The first-order chi connectivity index (χ1) is 8.83. The van der Waals surface area contributed by atoms with Gasteiger partial charge in [0.15, 0.2) is 6.29 Å². The van der Waals surface area contributed by atoms with E-state index in [1.165, 1.54) is 0 Å². The van der Waals surface area contributed by atoms with Crippen molar-refractivity contribution < 1.29 is 9.53 Å². The van der Waals surface area contributed by atoms with E-state index in [2.05, 4.69) is 0 Å². The summed E-state index contributed by atoms with van der Waals surface area (Å²) in [5.74, 6) is 0.781. The Morgan fingerprint density at radius 3 is 2.22 bits per heavy atom. The highest BCUT2D eigenvalue weighted by Gasteiger charge is 2.01. The quantitative estimate of drug-likeness (QED) is 0.463. The van der Waals surface area contributed by atoms with Crippen LogP contribution >= 0.6 is 0 Å². The van der Waals surface area contributed by atoms with E-state index in [-0.39, 0.29) is 0 Å². The summed E-state index contributed by atoms with van der Waals surface area (Å²) in [6.07, 6.45) is 2.74. The van der Waals surface area contributed by atoms with Crippen LogP contribution in [0.15, 0.2) is 54.6 Å². The highest BCUT2D eigenvalue weighted by molar-refractivity contribution is 6.13. The molecule has 0 radical (unpaired) electrons. The molecule has 0 aliphatic carbocycles. The number of aldehydes is 1. The average molecular weight is 238 g/mol.